The highest BCUT2D eigenvalue weighted by atomic mass is 14.7. The first-order valence-corrected chi connectivity index (χ1v) is 6.58. The molecule has 0 saturated carbocycles. The van der Waals surface area contributed by atoms with Gasteiger partial charge in [-0.1, -0.05) is 52.0 Å². The Kier molecular flexibility index (Phi) is 12.9. The molecule has 1 nitrogen and oxygen atoms in total. The van der Waals surface area contributed by atoms with E-state index in [-0.39, 0.29) is 0 Å². The van der Waals surface area contributed by atoms with E-state index < -0.39 is 0 Å². The van der Waals surface area contributed by atoms with Crippen molar-refractivity contribution in [2.24, 2.45) is 4.99 Å². The molecular weight excluding hydrogens is 182 g/mol. The van der Waals surface area contributed by atoms with Gasteiger partial charge in [0.05, 0.1) is 0 Å². The first kappa shape index (κ1) is 14.4. The topological polar surface area (TPSA) is 12.4 Å². The van der Waals surface area contributed by atoms with E-state index in [2.05, 4.69) is 24.9 Å². The van der Waals surface area contributed by atoms with Crippen molar-refractivity contribution in [1.29, 1.82) is 0 Å². The van der Waals surface area contributed by atoms with E-state index in [9.17, 15) is 0 Å². The minimum absolute atomic E-state index is 1.14. The number of hydrogen-bond acceptors (Lipinski definition) is 1. The summed E-state index contributed by atoms with van der Waals surface area (Å²) in [5, 5.41) is 0. The molecule has 0 aromatic rings. The standard InChI is InChI=1S/C14H27N/c1-3-5-7-9-11-13-15-14-12-10-8-6-4-2/h11,13-14H,3-10,12H2,1-2H3. The van der Waals surface area contributed by atoms with E-state index in [1.54, 1.807) is 0 Å². The van der Waals surface area contributed by atoms with Crippen LogP contribution in [0.2, 0.25) is 0 Å². The summed E-state index contributed by atoms with van der Waals surface area (Å²) >= 11 is 0. The molecule has 0 spiro atoms. The average Bonchev–Trinajstić information content (AvgIpc) is 2.26. The first-order valence-electron chi connectivity index (χ1n) is 6.58. The summed E-state index contributed by atoms with van der Waals surface area (Å²) in [5.41, 5.74) is 0. The summed E-state index contributed by atoms with van der Waals surface area (Å²) < 4.78 is 0. The Hall–Kier alpha value is -0.590. The lowest BCUT2D eigenvalue weighted by Crippen LogP contribution is -1.77. The SMILES string of the molecule is CCCCCC=CN=CCCCCCC. The zero-order chi connectivity index (χ0) is 11.2. The van der Waals surface area contributed by atoms with Crippen LogP contribution in [0.5, 0.6) is 0 Å². The van der Waals surface area contributed by atoms with Crippen LogP contribution in [0.4, 0.5) is 0 Å². The smallest absolute Gasteiger partial charge is 0.0223 e. The van der Waals surface area contributed by atoms with Crippen LogP contribution in [0, 0.1) is 0 Å². The van der Waals surface area contributed by atoms with E-state index in [1.807, 2.05) is 12.4 Å². The molecule has 0 N–H and O–H groups in total. The molecular formula is C14H27N. The second kappa shape index (κ2) is 13.4. The van der Waals surface area contributed by atoms with Gasteiger partial charge in [0.1, 0.15) is 0 Å². The molecule has 0 heterocycles. The van der Waals surface area contributed by atoms with Crippen molar-refractivity contribution in [2.45, 2.75) is 71.6 Å². The predicted molar refractivity (Wildman–Crippen MR) is 70.5 cm³/mol. The number of rotatable bonds is 10. The van der Waals surface area contributed by atoms with Crippen LogP contribution in [0.3, 0.4) is 0 Å². The third-order valence-electron chi connectivity index (χ3n) is 2.46. The van der Waals surface area contributed by atoms with Gasteiger partial charge in [-0.25, -0.2) is 0 Å². The summed E-state index contributed by atoms with van der Waals surface area (Å²) in [7, 11) is 0. The number of hydrogen-bond donors (Lipinski definition) is 0. The maximum Gasteiger partial charge on any atom is 0.0223 e. The highest BCUT2D eigenvalue weighted by Gasteiger charge is 1.84. The highest BCUT2D eigenvalue weighted by Crippen LogP contribution is 2.01. The maximum absolute atomic E-state index is 4.26. The molecule has 0 aromatic heterocycles. The van der Waals surface area contributed by atoms with Gasteiger partial charge in [0.15, 0.2) is 0 Å². The maximum atomic E-state index is 4.26. The predicted octanol–water partition coefficient (Wildman–Crippen LogP) is 5.12. The molecule has 0 rings (SSSR count). The van der Waals surface area contributed by atoms with Crippen LogP contribution in [0.25, 0.3) is 0 Å². The van der Waals surface area contributed by atoms with Crippen molar-refractivity contribution in [3.8, 4) is 0 Å². The molecule has 0 aromatic carbocycles. The van der Waals surface area contributed by atoms with Crippen LogP contribution < -0.4 is 0 Å². The van der Waals surface area contributed by atoms with Gasteiger partial charge in [-0.2, -0.15) is 0 Å². The molecule has 0 aliphatic heterocycles. The Morgan fingerprint density at radius 3 is 2.20 bits per heavy atom. The van der Waals surface area contributed by atoms with E-state index in [1.165, 1.54) is 51.4 Å². The Labute approximate surface area is 95.7 Å². The highest BCUT2D eigenvalue weighted by molar-refractivity contribution is 5.57. The van der Waals surface area contributed by atoms with Crippen molar-refractivity contribution in [1.82, 2.24) is 0 Å². The fourth-order valence-electron chi connectivity index (χ4n) is 1.45. The molecule has 0 aliphatic rings. The third kappa shape index (κ3) is 13.4. The number of nitrogens with zero attached hydrogens (tertiary/aromatic N) is 1. The van der Waals surface area contributed by atoms with Gasteiger partial charge in [-0.05, 0) is 25.7 Å². The zero-order valence-electron chi connectivity index (χ0n) is 10.5. The molecule has 0 fully saturated rings. The quantitative estimate of drug-likeness (QED) is 0.350. The molecule has 0 radical (unpaired) electrons. The number of aliphatic imine (C=N–C) groups is 1. The molecule has 1 heteroatoms. The fraction of sp³-hybridized carbons (Fsp3) is 0.786. The molecule has 0 bridgehead atoms. The lowest BCUT2D eigenvalue weighted by atomic mass is 10.2. The monoisotopic (exact) mass is 209 g/mol. The largest absolute Gasteiger partial charge is 0.269 e. The van der Waals surface area contributed by atoms with Crippen molar-refractivity contribution in [2.75, 3.05) is 0 Å². The summed E-state index contributed by atoms with van der Waals surface area (Å²) in [5.74, 6) is 0. The first-order chi connectivity index (χ1) is 7.41. The Morgan fingerprint density at radius 1 is 0.800 bits per heavy atom. The normalized spacial score (nSPS) is 11.9. The molecule has 15 heavy (non-hydrogen) atoms. The van der Waals surface area contributed by atoms with E-state index >= 15 is 0 Å². The number of allylic oxidation sites excluding steroid dienone is 1. The molecule has 0 aliphatic carbocycles. The lowest BCUT2D eigenvalue weighted by Gasteiger charge is -1.92. The Bertz CT molecular complexity index is 159. The Balaban J connectivity index is 3.15. The minimum atomic E-state index is 1.14. The molecule has 88 valence electrons. The third-order valence-corrected chi connectivity index (χ3v) is 2.46. The summed E-state index contributed by atoms with van der Waals surface area (Å²) in [4.78, 5) is 4.26. The second-order valence-corrected chi connectivity index (χ2v) is 4.06. The molecule has 0 unspecified atom stereocenters. The van der Waals surface area contributed by atoms with Gasteiger partial charge in [-0.3, -0.25) is 4.99 Å². The number of unbranched alkanes of at least 4 members (excludes halogenated alkanes) is 7. The average molecular weight is 209 g/mol. The molecule has 0 saturated heterocycles. The summed E-state index contributed by atoms with van der Waals surface area (Å²) in [6.07, 6.45) is 17.8. The molecule has 0 atom stereocenters. The minimum Gasteiger partial charge on any atom is -0.269 e. The fourth-order valence-corrected chi connectivity index (χ4v) is 1.45. The van der Waals surface area contributed by atoms with Crippen molar-refractivity contribution in [3.05, 3.63) is 12.3 Å². The van der Waals surface area contributed by atoms with Gasteiger partial charge in [0.25, 0.3) is 0 Å². The lowest BCUT2D eigenvalue weighted by molar-refractivity contribution is 0.685. The van der Waals surface area contributed by atoms with E-state index in [0.29, 0.717) is 0 Å². The van der Waals surface area contributed by atoms with Crippen LogP contribution in [-0.4, -0.2) is 6.21 Å². The zero-order valence-corrected chi connectivity index (χ0v) is 10.5. The van der Waals surface area contributed by atoms with Gasteiger partial charge in [-0.15, -0.1) is 0 Å². The van der Waals surface area contributed by atoms with Crippen LogP contribution in [0.1, 0.15) is 71.6 Å². The molecule has 0 amide bonds. The van der Waals surface area contributed by atoms with Gasteiger partial charge < -0.3 is 0 Å². The van der Waals surface area contributed by atoms with Crippen molar-refractivity contribution < 1.29 is 0 Å². The van der Waals surface area contributed by atoms with Gasteiger partial charge in [0.2, 0.25) is 0 Å². The van der Waals surface area contributed by atoms with Gasteiger partial charge >= 0.3 is 0 Å². The van der Waals surface area contributed by atoms with E-state index in [4.69, 9.17) is 0 Å². The van der Waals surface area contributed by atoms with Crippen molar-refractivity contribution >= 4 is 6.21 Å². The Morgan fingerprint density at radius 2 is 1.47 bits per heavy atom. The van der Waals surface area contributed by atoms with E-state index in [0.717, 1.165) is 6.42 Å². The second-order valence-electron chi connectivity index (χ2n) is 4.06. The summed E-state index contributed by atoms with van der Waals surface area (Å²) in [6, 6.07) is 0. The van der Waals surface area contributed by atoms with Crippen LogP contribution in [0.15, 0.2) is 17.3 Å². The van der Waals surface area contributed by atoms with Crippen molar-refractivity contribution in [3.63, 3.8) is 0 Å². The summed E-state index contributed by atoms with van der Waals surface area (Å²) in [6.45, 7) is 4.48. The van der Waals surface area contributed by atoms with Gasteiger partial charge in [0, 0.05) is 12.4 Å². The van der Waals surface area contributed by atoms with Crippen LogP contribution >= 0.6 is 0 Å². The van der Waals surface area contributed by atoms with Crippen LogP contribution in [-0.2, 0) is 0 Å².